The SMILES string of the molecule is COc1cc(Oc2cc(Br)c(F)cc2N)cc(C(N)=O)c1. The maximum atomic E-state index is 13.3. The molecule has 0 heterocycles. The van der Waals surface area contributed by atoms with Gasteiger partial charge in [-0.2, -0.15) is 0 Å². The standard InChI is InChI=1S/C14H12BrFN2O3/c1-20-8-2-7(14(18)19)3-9(4-8)21-13-5-10(15)11(16)6-12(13)17/h2-6H,17H2,1H3,(H2,18,19). The molecule has 0 bridgehead atoms. The van der Waals surface area contributed by atoms with E-state index in [9.17, 15) is 9.18 Å². The molecule has 2 aromatic rings. The fourth-order valence-electron chi connectivity index (χ4n) is 1.65. The second kappa shape index (κ2) is 6.01. The summed E-state index contributed by atoms with van der Waals surface area (Å²) in [6, 6.07) is 7.02. The highest BCUT2D eigenvalue weighted by Crippen LogP contribution is 2.34. The largest absolute Gasteiger partial charge is 0.497 e. The molecule has 0 aliphatic rings. The van der Waals surface area contributed by atoms with E-state index in [0.29, 0.717) is 11.5 Å². The van der Waals surface area contributed by atoms with Gasteiger partial charge in [-0.3, -0.25) is 4.79 Å². The summed E-state index contributed by atoms with van der Waals surface area (Å²) in [6.45, 7) is 0. The van der Waals surface area contributed by atoms with Crippen LogP contribution in [0.25, 0.3) is 0 Å². The Labute approximate surface area is 128 Å². The lowest BCUT2D eigenvalue weighted by molar-refractivity contribution is 0.0999. The molecule has 0 aromatic heterocycles. The number of hydrogen-bond donors (Lipinski definition) is 2. The van der Waals surface area contributed by atoms with Crippen LogP contribution in [0.15, 0.2) is 34.8 Å². The van der Waals surface area contributed by atoms with Gasteiger partial charge in [0.25, 0.3) is 0 Å². The van der Waals surface area contributed by atoms with Crippen LogP contribution in [0.3, 0.4) is 0 Å². The zero-order valence-corrected chi connectivity index (χ0v) is 12.6. The Morgan fingerprint density at radius 2 is 1.86 bits per heavy atom. The Kier molecular flexibility index (Phi) is 4.32. The van der Waals surface area contributed by atoms with Crippen molar-refractivity contribution in [3.05, 3.63) is 46.2 Å². The van der Waals surface area contributed by atoms with Gasteiger partial charge < -0.3 is 20.9 Å². The summed E-state index contributed by atoms with van der Waals surface area (Å²) in [4.78, 5) is 11.3. The van der Waals surface area contributed by atoms with E-state index in [0.717, 1.165) is 6.07 Å². The van der Waals surface area contributed by atoms with Crippen LogP contribution >= 0.6 is 15.9 Å². The summed E-state index contributed by atoms with van der Waals surface area (Å²) in [5.41, 5.74) is 11.3. The number of halogens is 2. The Hall–Kier alpha value is -2.28. The zero-order chi connectivity index (χ0) is 15.6. The molecule has 1 amide bonds. The molecule has 0 saturated carbocycles. The van der Waals surface area contributed by atoms with Gasteiger partial charge in [-0.25, -0.2) is 4.39 Å². The minimum Gasteiger partial charge on any atom is -0.497 e. The predicted molar refractivity (Wildman–Crippen MR) is 80.1 cm³/mol. The van der Waals surface area contributed by atoms with Gasteiger partial charge in [-0.05, 0) is 28.1 Å². The third-order valence-electron chi connectivity index (χ3n) is 2.68. The van der Waals surface area contributed by atoms with Crippen molar-refractivity contribution in [3.8, 4) is 17.2 Å². The predicted octanol–water partition coefficient (Wildman–Crippen LogP) is 3.07. The van der Waals surface area contributed by atoms with Gasteiger partial charge >= 0.3 is 0 Å². The lowest BCUT2D eigenvalue weighted by atomic mass is 10.2. The third kappa shape index (κ3) is 3.43. The van der Waals surface area contributed by atoms with Gasteiger partial charge in [0, 0.05) is 23.8 Å². The molecular formula is C14H12BrFN2O3. The zero-order valence-electron chi connectivity index (χ0n) is 11.0. The molecule has 7 heteroatoms. The van der Waals surface area contributed by atoms with Crippen LogP contribution in [0.2, 0.25) is 0 Å². The van der Waals surface area contributed by atoms with Crippen LogP contribution in [0.1, 0.15) is 10.4 Å². The molecule has 0 aliphatic heterocycles. The molecular weight excluding hydrogens is 343 g/mol. The van der Waals surface area contributed by atoms with E-state index < -0.39 is 11.7 Å². The van der Waals surface area contributed by atoms with Crippen molar-refractivity contribution in [1.29, 1.82) is 0 Å². The molecule has 4 N–H and O–H groups in total. The van der Waals surface area contributed by atoms with E-state index in [2.05, 4.69) is 15.9 Å². The average molecular weight is 355 g/mol. The molecule has 110 valence electrons. The van der Waals surface area contributed by atoms with Crippen LogP contribution < -0.4 is 20.9 Å². The first kappa shape index (κ1) is 15.1. The highest BCUT2D eigenvalue weighted by atomic mass is 79.9. The molecule has 0 unspecified atom stereocenters. The van der Waals surface area contributed by atoms with Crippen molar-refractivity contribution in [3.63, 3.8) is 0 Å². The minimum atomic E-state index is -0.619. The van der Waals surface area contributed by atoms with E-state index in [1.165, 1.54) is 25.3 Å². The second-order valence-corrected chi connectivity index (χ2v) is 5.02. The second-order valence-electron chi connectivity index (χ2n) is 4.17. The number of primary amides is 1. The summed E-state index contributed by atoms with van der Waals surface area (Å²) in [7, 11) is 1.45. The first-order chi connectivity index (χ1) is 9.90. The van der Waals surface area contributed by atoms with Crippen molar-refractivity contribution in [2.75, 3.05) is 12.8 Å². The lowest BCUT2D eigenvalue weighted by Crippen LogP contribution is -2.11. The van der Waals surface area contributed by atoms with Gasteiger partial charge in [-0.15, -0.1) is 0 Å². The Balaban J connectivity index is 2.41. The third-order valence-corrected chi connectivity index (χ3v) is 3.29. The summed E-state index contributed by atoms with van der Waals surface area (Å²) >= 11 is 3.05. The minimum absolute atomic E-state index is 0.124. The van der Waals surface area contributed by atoms with Gasteiger partial charge in [0.2, 0.25) is 5.91 Å². The van der Waals surface area contributed by atoms with Gasteiger partial charge in [0.05, 0.1) is 17.3 Å². The highest BCUT2D eigenvalue weighted by molar-refractivity contribution is 9.10. The molecule has 0 spiro atoms. The quantitative estimate of drug-likeness (QED) is 0.825. The normalized spacial score (nSPS) is 10.2. The number of carbonyl (C=O) groups is 1. The van der Waals surface area contributed by atoms with Crippen LogP contribution in [-0.2, 0) is 0 Å². The molecule has 5 nitrogen and oxygen atoms in total. The molecule has 0 atom stereocenters. The fraction of sp³-hybridized carbons (Fsp3) is 0.0714. The molecule has 2 rings (SSSR count). The maximum absolute atomic E-state index is 13.3. The van der Waals surface area contributed by atoms with Gasteiger partial charge in [0.1, 0.15) is 17.3 Å². The molecule has 21 heavy (non-hydrogen) atoms. The number of benzene rings is 2. The van der Waals surface area contributed by atoms with Crippen molar-refractivity contribution < 1.29 is 18.7 Å². The monoisotopic (exact) mass is 354 g/mol. The number of ether oxygens (including phenoxy) is 2. The number of rotatable bonds is 4. The lowest BCUT2D eigenvalue weighted by Gasteiger charge is -2.11. The highest BCUT2D eigenvalue weighted by Gasteiger charge is 2.11. The van der Waals surface area contributed by atoms with Crippen LogP contribution in [-0.4, -0.2) is 13.0 Å². The number of carbonyl (C=O) groups excluding carboxylic acids is 1. The van der Waals surface area contributed by atoms with Crippen molar-refractivity contribution >= 4 is 27.5 Å². The molecule has 2 aromatic carbocycles. The maximum Gasteiger partial charge on any atom is 0.248 e. The smallest absolute Gasteiger partial charge is 0.248 e. The van der Waals surface area contributed by atoms with Crippen molar-refractivity contribution in [1.82, 2.24) is 0 Å². The number of methoxy groups -OCH3 is 1. The van der Waals surface area contributed by atoms with Gasteiger partial charge in [-0.1, -0.05) is 0 Å². The van der Waals surface area contributed by atoms with E-state index in [-0.39, 0.29) is 21.5 Å². The topological polar surface area (TPSA) is 87.6 Å². The number of nitrogens with two attached hydrogens (primary N) is 2. The number of hydrogen-bond acceptors (Lipinski definition) is 4. The van der Waals surface area contributed by atoms with E-state index >= 15 is 0 Å². The summed E-state index contributed by atoms with van der Waals surface area (Å²) in [5, 5.41) is 0. The van der Waals surface area contributed by atoms with E-state index in [1.807, 2.05) is 0 Å². The number of anilines is 1. The summed E-state index contributed by atoms with van der Waals surface area (Å²) in [5.74, 6) is -0.170. The molecule has 0 fully saturated rings. The Morgan fingerprint density at radius 3 is 2.48 bits per heavy atom. The van der Waals surface area contributed by atoms with Crippen molar-refractivity contribution in [2.24, 2.45) is 5.73 Å². The molecule has 0 radical (unpaired) electrons. The van der Waals surface area contributed by atoms with Crippen molar-refractivity contribution in [2.45, 2.75) is 0 Å². The first-order valence-corrected chi connectivity index (χ1v) is 6.61. The fourth-order valence-corrected chi connectivity index (χ4v) is 1.97. The molecule has 0 saturated heterocycles. The summed E-state index contributed by atoms with van der Waals surface area (Å²) in [6.07, 6.45) is 0. The number of amides is 1. The average Bonchev–Trinajstić information content (AvgIpc) is 2.44. The Bertz CT molecular complexity index is 707. The van der Waals surface area contributed by atoms with Gasteiger partial charge in [0.15, 0.2) is 5.75 Å². The Morgan fingerprint density at radius 1 is 1.19 bits per heavy atom. The summed E-state index contributed by atoms with van der Waals surface area (Å²) < 4.78 is 24.2. The van der Waals surface area contributed by atoms with Crippen LogP contribution in [0, 0.1) is 5.82 Å². The van der Waals surface area contributed by atoms with E-state index in [4.69, 9.17) is 20.9 Å². The van der Waals surface area contributed by atoms with E-state index in [1.54, 1.807) is 6.07 Å². The molecule has 0 aliphatic carbocycles. The van der Waals surface area contributed by atoms with Crippen LogP contribution in [0.4, 0.5) is 10.1 Å². The first-order valence-electron chi connectivity index (χ1n) is 5.82. The van der Waals surface area contributed by atoms with Crippen LogP contribution in [0.5, 0.6) is 17.2 Å². The number of nitrogen functional groups attached to an aromatic ring is 1.